The van der Waals surface area contributed by atoms with Gasteiger partial charge in [0.25, 0.3) is 0 Å². The first-order valence-corrected chi connectivity index (χ1v) is 13.7. The maximum absolute atomic E-state index is 13.0. The van der Waals surface area contributed by atoms with Crippen LogP contribution in [-0.4, -0.2) is 81.3 Å². The smallest absolute Gasteiger partial charge is 0.336 e. The van der Waals surface area contributed by atoms with Gasteiger partial charge in [0.2, 0.25) is 5.91 Å². The van der Waals surface area contributed by atoms with E-state index < -0.39 is 58.6 Å². The van der Waals surface area contributed by atoms with Crippen LogP contribution in [0.4, 0.5) is 5.69 Å². The van der Waals surface area contributed by atoms with Crippen molar-refractivity contribution in [2.75, 3.05) is 25.0 Å². The summed E-state index contributed by atoms with van der Waals surface area (Å²) in [4.78, 5) is 66.0. The number of fused-ring (bicyclic) bond motifs is 1. The number of anilines is 1. The summed E-state index contributed by atoms with van der Waals surface area (Å²) in [7, 11) is 1.36. The summed E-state index contributed by atoms with van der Waals surface area (Å²) in [5.41, 5.74) is -1.73. The normalized spacial score (nSPS) is 22.8. The molecule has 1 amide bonds. The highest BCUT2D eigenvalue weighted by Gasteiger charge is 2.57. The highest BCUT2D eigenvalue weighted by atomic mass is 16.4. The van der Waals surface area contributed by atoms with E-state index in [1.165, 1.54) is 11.9 Å². The molecule has 3 unspecified atom stereocenters. The number of carboxylic acid groups (broad SMARTS) is 4. The molecule has 2 aliphatic rings. The zero-order valence-electron chi connectivity index (χ0n) is 23.7. The van der Waals surface area contributed by atoms with E-state index in [1.807, 2.05) is 4.90 Å². The van der Waals surface area contributed by atoms with Crippen molar-refractivity contribution in [3.63, 3.8) is 0 Å². The molecule has 2 aromatic carbocycles. The van der Waals surface area contributed by atoms with E-state index in [2.05, 4.69) is 5.32 Å². The fourth-order valence-electron chi connectivity index (χ4n) is 6.45. The number of rotatable bonds is 9. The van der Waals surface area contributed by atoms with Crippen LogP contribution >= 0.6 is 0 Å². The molecular weight excluding hydrogens is 558 g/mol. The van der Waals surface area contributed by atoms with E-state index in [4.69, 9.17) is 0 Å². The van der Waals surface area contributed by atoms with Gasteiger partial charge in [-0.2, -0.15) is 0 Å². The fourth-order valence-corrected chi connectivity index (χ4v) is 6.45. The summed E-state index contributed by atoms with van der Waals surface area (Å²) in [6.45, 7) is 2.36. The van der Waals surface area contributed by atoms with E-state index in [1.54, 1.807) is 48.5 Å². The predicted molar refractivity (Wildman–Crippen MR) is 155 cm³/mol. The summed E-state index contributed by atoms with van der Waals surface area (Å²) in [5, 5.41) is 43.0. The topological polar surface area (TPSA) is 185 Å². The van der Waals surface area contributed by atoms with E-state index in [-0.39, 0.29) is 5.56 Å². The number of benzene rings is 2. The first kappa shape index (κ1) is 31.0. The van der Waals surface area contributed by atoms with Gasteiger partial charge in [-0.25, -0.2) is 19.2 Å². The lowest BCUT2D eigenvalue weighted by atomic mass is 9.69. The number of hydrogen-bond acceptors (Lipinski definition) is 7. The van der Waals surface area contributed by atoms with Crippen molar-refractivity contribution in [3.8, 4) is 0 Å². The molecule has 43 heavy (non-hydrogen) atoms. The van der Waals surface area contributed by atoms with Crippen molar-refractivity contribution >= 4 is 35.5 Å². The molecule has 0 bridgehead atoms. The molecule has 12 nitrogen and oxygen atoms in total. The summed E-state index contributed by atoms with van der Waals surface area (Å²) in [6.07, 6.45) is 3.70. The highest BCUT2D eigenvalue weighted by Crippen LogP contribution is 2.53. The third-order valence-electron chi connectivity index (χ3n) is 7.98. The average molecular weight is 592 g/mol. The second kappa shape index (κ2) is 12.5. The van der Waals surface area contributed by atoms with Crippen LogP contribution < -0.4 is 10.2 Å². The van der Waals surface area contributed by atoms with Crippen molar-refractivity contribution < 1.29 is 44.4 Å². The Bertz CT molecular complexity index is 1510. The van der Waals surface area contributed by atoms with Crippen LogP contribution in [0.3, 0.4) is 0 Å². The number of carbonyl (C=O) groups is 5. The Morgan fingerprint density at radius 1 is 0.837 bits per heavy atom. The molecular formula is C31H33N3O9. The molecule has 0 spiro atoms. The van der Waals surface area contributed by atoms with Gasteiger partial charge in [-0.3, -0.25) is 9.69 Å². The van der Waals surface area contributed by atoms with Crippen molar-refractivity contribution in [1.29, 1.82) is 0 Å². The molecule has 1 saturated heterocycles. The molecule has 0 radical (unpaired) electrons. The number of carboxylic acids is 4. The number of aliphatic carboxylic acids is 4. The van der Waals surface area contributed by atoms with Gasteiger partial charge in [-0.1, -0.05) is 42.5 Å². The molecule has 2 heterocycles. The molecule has 2 aliphatic heterocycles. The third kappa shape index (κ3) is 5.86. The van der Waals surface area contributed by atoms with Gasteiger partial charge in [-0.05, 0) is 43.5 Å². The van der Waals surface area contributed by atoms with Gasteiger partial charge in [0.05, 0.1) is 17.2 Å². The molecule has 12 heteroatoms. The number of amides is 1. The summed E-state index contributed by atoms with van der Waals surface area (Å²) in [5.74, 6) is -7.98. The zero-order valence-corrected chi connectivity index (χ0v) is 23.7. The molecule has 3 atom stereocenters. The third-order valence-corrected chi connectivity index (χ3v) is 7.98. The highest BCUT2D eigenvalue weighted by molar-refractivity contribution is 6.00. The Kier molecular flexibility index (Phi) is 9.00. The molecule has 2 aromatic rings. The van der Waals surface area contributed by atoms with Crippen molar-refractivity contribution in [1.82, 2.24) is 10.2 Å². The van der Waals surface area contributed by atoms with Crippen LogP contribution in [0.5, 0.6) is 0 Å². The van der Waals surface area contributed by atoms with Gasteiger partial charge in [0.1, 0.15) is 0 Å². The van der Waals surface area contributed by atoms with Crippen LogP contribution in [0.15, 0.2) is 71.8 Å². The van der Waals surface area contributed by atoms with Gasteiger partial charge in [0.15, 0.2) is 5.66 Å². The summed E-state index contributed by atoms with van der Waals surface area (Å²) >= 11 is 0. The Labute approximate surface area is 247 Å². The number of likely N-dealkylation sites (N-methyl/N-ethyl adjacent to an activating group) is 1. The van der Waals surface area contributed by atoms with E-state index in [0.29, 0.717) is 42.1 Å². The Morgan fingerprint density at radius 3 is 2.00 bits per heavy atom. The van der Waals surface area contributed by atoms with Crippen LogP contribution in [0.2, 0.25) is 0 Å². The molecule has 0 aliphatic carbocycles. The van der Waals surface area contributed by atoms with Gasteiger partial charge in [0, 0.05) is 49.3 Å². The first-order valence-electron chi connectivity index (χ1n) is 13.7. The molecule has 0 aromatic heterocycles. The van der Waals surface area contributed by atoms with Gasteiger partial charge >= 0.3 is 23.9 Å². The lowest BCUT2D eigenvalue weighted by molar-refractivity contribution is -0.139. The number of carbonyl (C=O) groups excluding carboxylic acids is 1. The zero-order chi connectivity index (χ0) is 31.5. The molecule has 5 N–H and O–H groups in total. The minimum Gasteiger partial charge on any atom is -0.478 e. The second-order valence-electron chi connectivity index (χ2n) is 10.6. The summed E-state index contributed by atoms with van der Waals surface area (Å²) in [6, 6.07) is 12.5. The van der Waals surface area contributed by atoms with Crippen molar-refractivity contribution in [2.24, 2.45) is 0 Å². The number of nitrogens with one attached hydrogen (secondary N) is 1. The predicted octanol–water partition coefficient (Wildman–Crippen LogP) is 2.60. The summed E-state index contributed by atoms with van der Waals surface area (Å²) < 4.78 is 0. The van der Waals surface area contributed by atoms with E-state index >= 15 is 0 Å². The molecule has 4 rings (SSSR count). The lowest BCUT2D eigenvalue weighted by Crippen LogP contribution is -2.66. The van der Waals surface area contributed by atoms with Crippen LogP contribution in [0.25, 0.3) is 0 Å². The molecule has 0 saturated carbocycles. The Hall–Kier alpha value is -4.97. The van der Waals surface area contributed by atoms with Crippen molar-refractivity contribution in [2.45, 2.75) is 43.8 Å². The fraction of sp³-hybridized carbons (Fsp3) is 0.323. The minimum atomic E-state index is -2.23. The quantitative estimate of drug-likeness (QED) is 0.270. The average Bonchev–Trinajstić information content (AvgIpc) is 2.96. The SMILES string of the molecule is CC(=O)NC1(C(=CC(=O)O)C(=O)O)c2c(cccc2N2CCCCC2)C(c2ccccc2)C(C(=CC(=O)O)C(=O)O)N1C. The minimum absolute atomic E-state index is 0.273. The van der Waals surface area contributed by atoms with Crippen LogP contribution in [0.1, 0.15) is 48.8 Å². The number of nitrogens with zero attached hydrogens (tertiary/aromatic N) is 2. The van der Waals surface area contributed by atoms with Crippen LogP contribution in [-0.2, 0) is 29.6 Å². The number of hydrogen-bond donors (Lipinski definition) is 5. The standard InChI is InChI=1S/C31H33N3O9/c1-18(35)32-31(22(30(42)43)17-25(38)39)27-20(12-9-13-23(27)34-14-7-4-8-15-34)26(19-10-5-3-6-11-19)28(33(31)2)21(29(40)41)16-24(36)37/h3,5-6,9-13,16-17,26,28H,4,7-8,14-15H2,1-2H3,(H,32,35)(H,36,37)(H,38,39)(H,40,41)(H,42,43). The van der Waals surface area contributed by atoms with Gasteiger partial charge in [-0.15, -0.1) is 0 Å². The lowest BCUT2D eigenvalue weighted by Gasteiger charge is -2.55. The van der Waals surface area contributed by atoms with Crippen molar-refractivity contribution in [3.05, 3.63) is 88.5 Å². The maximum atomic E-state index is 13.0. The maximum Gasteiger partial charge on any atom is 0.336 e. The first-order chi connectivity index (χ1) is 20.4. The molecule has 1 fully saturated rings. The second-order valence-corrected chi connectivity index (χ2v) is 10.6. The van der Waals surface area contributed by atoms with Gasteiger partial charge < -0.3 is 30.6 Å². The van der Waals surface area contributed by atoms with Crippen LogP contribution in [0, 0.1) is 0 Å². The Morgan fingerprint density at radius 2 is 1.47 bits per heavy atom. The molecule has 226 valence electrons. The Balaban J connectivity index is 2.26. The van der Waals surface area contributed by atoms with E-state index in [0.717, 1.165) is 26.2 Å². The largest absolute Gasteiger partial charge is 0.478 e. The number of piperidine rings is 1. The van der Waals surface area contributed by atoms with E-state index in [9.17, 15) is 44.4 Å². The monoisotopic (exact) mass is 591 g/mol.